The highest BCUT2D eigenvalue weighted by atomic mass is 16.5. The van der Waals surface area contributed by atoms with E-state index in [0.29, 0.717) is 5.92 Å². The summed E-state index contributed by atoms with van der Waals surface area (Å²) < 4.78 is 6.57. The normalized spacial score (nSPS) is 20.4. The summed E-state index contributed by atoms with van der Waals surface area (Å²) >= 11 is 0. The van der Waals surface area contributed by atoms with Crippen molar-refractivity contribution in [2.45, 2.75) is 76.9 Å². The third-order valence-electron chi connectivity index (χ3n) is 4.97. The second-order valence-electron chi connectivity index (χ2n) is 7.31. The van der Waals surface area contributed by atoms with Crippen LogP contribution in [0.4, 0.5) is 0 Å². The van der Waals surface area contributed by atoms with E-state index in [1.54, 1.807) is 0 Å². The number of hydrogen-bond acceptors (Lipinski definition) is 2. The van der Waals surface area contributed by atoms with Crippen LogP contribution < -0.4 is 10.1 Å². The highest BCUT2D eigenvalue weighted by Gasteiger charge is 2.39. The summed E-state index contributed by atoms with van der Waals surface area (Å²) in [4.78, 5) is 0. The van der Waals surface area contributed by atoms with E-state index in [-0.39, 0.29) is 5.60 Å². The van der Waals surface area contributed by atoms with Crippen LogP contribution in [0.2, 0.25) is 0 Å². The van der Waals surface area contributed by atoms with Gasteiger partial charge in [-0.2, -0.15) is 0 Å². The van der Waals surface area contributed by atoms with Crippen LogP contribution in [-0.4, -0.2) is 18.2 Å². The van der Waals surface area contributed by atoms with E-state index in [2.05, 4.69) is 44.3 Å². The Balaban J connectivity index is 1.68. The van der Waals surface area contributed by atoms with Gasteiger partial charge in [-0.05, 0) is 75.1 Å². The standard InChI is InChI=1S/C19H29NO/c1-14(2)17-8-5-15(3)13-18(17)21-19(9-4-10-19)11-12-20-16-6-7-16/h5,8,13-14,16,20H,4,6-7,9-12H2,1-3H3. The first-order chi connectivity index (χ1) is 10.1. The van der Waals surface area contributed by atoms with Gasteiger partial charge in [-0.3, -0.25) is 0 Å². The fourth-order valence-electron chi connectivity index (χ4n) is 3.21. The summed E-state index contributed by atoms with van der Waals surface area (Å²) in [5.41, 5.74) is 2.74. The maximum atomic E-state index is 6.57. The van der Waals surface area contributed by atoms with Crippen molar-refractivity contribution in [2.75, 3.05) is 6.54 Å². The lowest BCUT2D eigenvalue weighted by Gasteiger charge is -2.43. The molecule has 1 N–H and O–H groups in total. The van der Waals surface area contributed by atoms with Crippen LogP contribution >= 0.6 is 0 Å². The lowest BCUT2D eigenvalue weighted by molar-refractivity contribution is -0.0152. The topological polar surface area (TPSA) is 21.3 Å². The molecule has 0 radical (unpaired) electrons. The molecule has 0 amide bonds. The van der Waals surface area contributed by atoms with E-state index in [9.17, 15) is 0 Å². The van der Waals surface area contributed by atoms with Crippen LogP contribution in [0.3, 0.4) is 0 Å². The highest BCUT2D eigenvalue weighted by molar-refractivity contribution is 5.39. The first-order valence-corrected chi connectivity index (χ1v) is 8.61. The Morgan fingerprint density at radius 3 is 2.62 bits per heavy atom. The van der Waals surface area contributed by atoms with Crippen LogP contribution in [0, 0.1) is 6.92 Å². The molecule has 2 aliphatic carbocycles. The van der Waals surface area contributed by atoms with Gasteiger partial charge in [-0.25, -0.2) is 0 Å². The fourth-order valence-corrected chi connectivity index (χ4v) is 3.21. The monoisotopic (exact) mass is 287 g/mol. The highest BCUT2D eigenvalue weighted by Crippen LogP contribution is 2.41. The molecule has 2 saturated carbocycles. The largest absolute Gasteiger partial charge is 0.487 e. The predicted molar refractivity (Wildman–Crippen MR) is 88.1 cm³/mol. The van der Waals surface area contributed by atoms with Gasteiger partial charge < -0.3 is 10.1 Å². The molecule has 1 aromatic carbocycles. The van der Waals surface area contributed by atoms with Crippen LogP contribution in [0.15, 0.2) is 18.2 Å². The van der Waals surface area contributed by atoms with E-state index in [0.717, 1.165) is 24.8 Å². The first-order valence-electron chi connectivity index (χ1n) is 8.61. The Labute approximate surface area is 129 Å². The van der Waals surface area contributed by atoms with E-state index < -0.39 is 0 Å². The number of nitrogens with one attached hydrogen (secondary N) is 1. The first kappa shape index (κ1) is 14.9. The SMILES string of the molecule is Cc1ccc(C(C)C)c(OC2(CCNC3CC3)CCC2)c1. The molecule has 0 spiro atoms. The van der Waals surface area contributed by atoms with Crippen molar-refractivity contribution < 1.29 is 4.74 Å². The van der Waals surface area contributed by atoms with Gasteiger partial charge in [0.2, 0.25) is 0 Å². The van der Waals surface area contributed by atoms with Crippen LogP contribution in [0.25, 0.3) is 0 Å². The van der Waals surface area contributed by atoms with E-state index in [1.807, 2.05) is 0 Å². The zero-order valence-electron chi connectivity index (χ0n) is 13.7. The molecule has 0 aromatic heterocycles. The molecule has 0 unspecified atom stereocenters. The summed E-state index contributed by atoms with van der Waals surface area (Å²) in [7, 11) is 0. The summed E-state index contributed by atoms with van der Waals surface area (Å²) in [5, 5.41) is 3.64. The van der Waals surface area contributed by atoms with Crippen LogP contribution in [0.1, 0.15) is 69.4 Å². The third kappa shape index (κ3) is 3.60. The summed E-state index contributed by atoms with van der Waals surface area (Å²) in [6.07, 6.45) is 7.61. The molecule has 116 valence electrons. The molecule has 2 nitrogen and oxygen atoms in total. The number of aryl methyl sites for hydroxylation is 1. The quantitative estimate of drug-likeness (QED) is 0.793. The second kappa shape index (κ2) is 6.00. The van der Waals surface area contributed by atoms with Gasteiger partial charge in [0.1, 0.15) is 11.4 Å². The molecule has 0 heterocycles. The van der Waals surface area contributed by atoms with Crippen molar-refractivity contribution in [1.82, 2.24) is 5.32 Å². The van der Waals surface area contributed by atoms with E-state index in [1.165, 1.54) is 43.2 Å². The van der Waals surface area contributed by atoms with Crippen molar-refractivity contribution in [3.63, 3.8) is 0 Å². The predicted octanol–water partition coefficient (Wildman–Crippen LogP) is 4.56. The molecule has 2 aliphatic rings. The summed E-state index contributed by atoms with van der Waals surface area (Å²) in [5.74, 6) is 1.64. The smallest absolute Gasteiger partial charge is 0.123 e. The fraction of sp³-hybridized carbons (Fsp3) is 0.684. The average molecular weight is 287 g/mol. The molecule has 0 bridgehead atoms. The number of benzene rings is 1. The second-order valence-corrected chi connectivity index (χ2v) is 7.31. The minimum absolute atomic E-state index is 0.0966. The lowest BCUT2D eigenvalue weighted by Crippen LogP contribution is -2.45. The number of ether oxygens (including phenoxy) is 1. The van der Waals surface area contributed by atoms with Crippen molar-refractivity contribution in [3.05, 3.63) is 29.3 Å². The Kier molecular flexibility index (Phi) is 4.26. The van der Waals surface area contributed by atoms with Gasteiger partial charge in [0, 0.05) is 6.04 Å². The van der Waals surface area contributed by atoms with Crippen molar-refractivity contribution >= 4 is 0 Å². The van der Waals surface area contributed by atoms with E-state index >= 15 is 0 Å². The van der Waals surface area contributed by atoms with Crippen LogP contribution in [-0.2, 0) is 0 Å². The number of rotatable bonds is 7. The minimum atomic E-state index is 0.0966. The van der Waals surface area contributed by atoms with Gasteiger partial charge in [0.05, 0.1) is 0 Å². The van der Waals surface area contributed by atoms with Gasteiger partial charge >= 0.3 is 0 Å². The molecule has 2 heteroatoms. The Bertz CT molecular complexity index is 486. The van der Waals surface area contributed by atoms with Gasteiger partial charge in [-0.15, -0.1) is 0 Å². The molecule has 0 saturated heterocycles. The average Bonchev–Trinajstić information content (AvgIpc) is 3.19. The Morgan fingerprint density at radius 2 is 2.05 bits per heavy atom. The molecule has 0 aliphatic heterocycles. The molecule has 1 aromatic rings. The Morgan fingerprint density at radius 1 is 1.29 bits per heavy atom. The van der Waals surface area contributed by atoms with Crippen molar-refractivity contribution in [3.8, 4) is 5.75 Å². The van der Waals surface area contributed by atoms with Gasteiger partial charge in [0.15, 0.2) is 0 Å². The lowest BCUT2D eigenvalue weighted by atomic mass is 9.77. The summed E-state index contributed by atoms with van der Waals surface area (Å²) in [6.45, 7) is 7.76. The van der Waals surface area contributed by atoms with E-state index in [4.69, 9.17) is 4.74 Å². The number of hydrogen-bond donors (Lipinski definition) is 1. The van der Waals surface area contributed by atoms with Crippen molar-refractivity contribution in [1.29, 1.82) is 0 Å². The molecule has 0 atom stereocenters. The molecule has 3 rings (SSSR count). The maximum Gasteiger partial charge on any atom is 0.123 e. The molecular formula is C19H29NO. The molecular weight excluding hydrogens is 258 g/mol. The third-order valence-corrected chi connectivity index (χ3v) is 4.97. The molecule has 2 fully saturated rings. The minimum Gasteiger partial charge on any atom is -0.487 e. The van der Waals surface area contributed by atoms with Crippen LogP contribution in [0.5, 0.6) is 5.75 Å². The molecule has 21 heavy (non-hydrogen) atoms. The van der Waals surface area contributed by atoms with Gasteiger partial charge in [0.25, 0.3) is 0 Å². The summed E-state index contributed by atoms with van der Waals surface area (Å²) in [6, 6.07) is 7.46. The van der Waals surface area contributed by atoms with Crippen molar-refractivity contribution in [2.24, 2.45) is 0 Å². The zero-order valence-corrected chi connectivity index (χ0v) is 13.7. The Hall–Kier alpha value is -1.02. The zero-order chi connectivity index (χ0) is 14.9. The maximum absolute atomic E-state index is 6.57. The van der Waals surface area contributed by atoms with Gasteiger partial charge in [-0.1, -0.05) is 26.0 Å².